The van der Waals surface area contributed by atoms with Crippen LogP contribution in [-0.4, -0.2) is 35.3 Å². The zero-order valence-corrected chi connectivity index (χ0v) is 18.4. The van der Waals surface area contributed by atoms with Crippen molar-refractivity contribution in [3.63, 3.8) is 0 Å². The van der Waals surface area contributed by atoms with Gasteiger partial charge >= 0.3 is 12.1 Å². The lowest BCUT2D eigenvalue weighted by molar-refractivity contribution is -0.225. The van der Waals surface area contributed by atoms with E-state index in [1.807, 2.05) is 0 Å². The molecule has 7 nitrogen and oxygen atoms in total. The maximum Gasteiger partial charge on any atom is 0.433 e. The molecule has 3 aromatic rings. The summed E-state index contributed by atoms with van der Waals surface area (Å²) < 4.78 is 104. The maximum atomic E-state index is 16.1. The number of ether oxygens (including phenoxy) is 1. The van der Waals surface area contributed by atoms with E-state index in [1.165, 1.54) is 6.07 Å². The van der Waals surface area contributed by atoms with Crippen LogP contribution in [0.5, 0.6) is 0 Å². The number of nitrogens with zero attached hydrogens (tertiary/aromatic N) is 5. The summed E-state index contributed by atoms with van der Waals surface area (Å²) in [4.78, 5) is 7.14. The topological polar surface area (TPSA) is 75.0 Å². The van der Waals surface area contributed by atoms with E-state index >= 15 is 8.78 Å². The van der Waals surface area contributed by atoms with Crippen LogP contribution in [0.4, 0.5) is 30.7 Å². The highest BCUT2D eigenvalue weighted by Crippen LogP contribution is 2.48. The quantitative estimate of drug-likeness (QED) is 0.438. The lowest BCUT2D eigenvalue weighted by Crippen LogP contribution is -2.55. The van der Waals surface area contributed by atoms with Crippen molar-refractivity contribution >= 4 is 0 Å². The number of methoxy groups -OCH3 is 1. The van der Waals surface area contributed by atoms with E-state index in [0.29, 0.717) is 6.07 Å². The number of hydrogen-bond donors (Lipinski definition) is 1. The van der Waals surface area contributed by atoms with Crippen molar-refractivity contribution < 1.29 is 35.5 Å². The van der Waals surface area contributed by atoms with Gasteiger partial charge in [-0.05, 0) is 24.3 Å². The van der Waals surface area contributed by atoms with Gasteiger partial charge in [0.15, 0.2) is 5.60 Å². The third-order valence-corrected chi connectivity index (χ3v) is 5.60. The van der Waals surface area contributed by atoms with Crippen LogP contribution in [0.3, 0.4) is 0 Å². The summed E-state index contributed by atoms with van der Waals surface area (Å²) in [5.41, 5.74) is -2.47. The molecule has 0 spiro atoms. The van der Waals surface area contributed by atoms with Crippen LogP contribution in [0.2, 0.25) is 0 Å². The standard InChI is InChI=1S/C22H17F7N6O/c1-36-20(11-35-12-32-33-34-35,16-5-4-15(23)8-17(16)24)21(25,26)18-6-2-13(9-30-18)14-3-7-19(31-10-14)22(27,28)29/h2-10H,11-12H2,1H3,(H,32,34). The molecule has 14 heteroatoms. The molecule has 2 aromatic heterocycles. The van der Waals surface area contributed by atoms with Crippen LogP contribution in [0.1, 0.15) is 17.0 Å². The molecule has 1 aliphatic rings. The van der Waals surface area contributed by atoms with Crippen molar-refractivity contribution in [1.29, 1.82) is 0 Å². The van der Waals surface area contributed by atoms with Crippen molar-refractivity contribution in [2.45, 2.75) is 17.7 Å². The number of pyridine rings is 2. The molecule has 0 radical (unpaired) electrons. The number of alkyl halides is 5. The SMILES string of the molecule is COC(CN1CN=NN1)(c1ccc(F)cc1F)C(F)(F)c1ccc(-c2ccc(C(F)(F)F)nc2)cn1. The Labute approximate surface area is 199 Å². The van der Waals surface area contributed by atoms with E-state index in [0.717, 1.165) is 54.8 Å². The molecule has 0 aliphatic carbocycles. The molecule has 0 fully saturated rings. The molecule has 0 saturated carbocycles. The van der Waals surface area contributed by atoms with Crippen LogP contribution in [0.25, 0.3) is 11.1 Å². The molecule has 1 N–H and O–H groups in total. The number of rotatable bonds is 7. The summed E-state index contributed by atoms with van der Waals surface area (Å²) in [5.74, 6) is -6.24. The van der Waals surface area contributed by atoms with Gasteiger partial charge in [0, 0.05) is 42.3 Å². The number of hydrogen-bond acceptors (Lipinski definition) is 7. The second-order valence-electron chi connectivity index (χ2n) is 7.77. The average Bonchev–Trinajstić information content (AvgIpc) is 3.35. The highest BCUT2D eigenvalue weighted by atomic mass is 19.4. The first kappa shape index (κ1) is 25.4. The van der Waals surface area contributed by atoms with E-state index in [4.69, 9.17) is 4.74 Å². The second kappa shape index (κ2) is 9.43. The zero-order valence-electron chi connectivity index (χ0n) is 18.4. The van der Waals surface area contributed by atoms with Gasteiger partial charge in [-0.25, -0.2) is 14.3 Å². The predicted octanol–water partition coefficient (Wildman–Crippen LogP) is 5.22. The highest BCUT2D eigenvalue weighted by molar-refractivity contribution is 5.61. The predicted molar refractivity (Wildman–Crippen MR) is 111 cm³/mol. The van der Waals surface area contributed by atoms with Gasteiger partial charge in [0.05, 0.1) is 6.54 Å². The van der Waals surface area contributed by atoms with E-state index in [9.17, 15) is 22.0 Å². The fraction of sp³-hybridized carbons (Fsp3) is 0.273. The van der Waals surface area contributed by atoms with E-state index in [2.05, 4.69) is 25.8 Å². The summed E-state index contributed by atoms with van der Waals surface area (Å²) in [6.07, 6.45) is -2.67. The summed E-state index contributed by atoms with van der Waals surface area (Å²) in [7, 11) is 0.948. The third-order valence-electron chi connectivity index (χ3n) is 5.60. The first-order valence-electron chi connectivity index (χ1n) is 10.2. The second-order valence-corrected chi connectivity index (χ2v) is 7.77. The lowest BCUT2D eigenvalue weighted by Gasteiger charge is -2.41. The van der Waals surface area contributed by atoms with Gasteiger partial charge in [0.25, 0.3) is 0 Å². The monoisotopic (exact) mass is 514 g/mol. The van der Waals surface area contributed by atoms with Gasteiger partial charge in [0.1, 0.15) is 29.7 Å². The van der Waals surface area contributed by atoms with Gasteiger partial charge in [0.2, 0.25) is 0 Å². The molecule has 0 amide bonds. The first-order valence-corrected chi connectivity index (χ1v) is 10.2. The Morgan fingerprint density at radius 2 is 1.56 bits per heavy atom. The fourth-order valence-corrected chi connectivity index (χ4v) is 3.75. The Morgan fingerprint density at radius 3 is 2.03 bits per heavy atom. The molecule has 1 unspecified atom stereocenters. The molecular weight excluding hydrogens is 497 g/mol. The van der Waals surface area contributed by atoms with E-state index in [-0.39, 0.29) is 17.8 Å². The van der Waals surface area contributed by atoms with Crippen molar-refractivity contribution in [2.75, 3.05) is 20.3 Å². The smallest absolute Gasteiger partial charge is 0.365 e. The minimum atomic E-state index is -4.63. The van der Waals surface area contributed by atoms with Crippen LogP contribution in [0.15, 0.2) is 65.2 Å². The van der Waals surface area contributed by atoms with Crippen LogP contribution < -0.4 is 5.53 Å². The highest BCUT2D eigenvalue weighted by Gasteiger charge is 2.60. The maximum absolute atomic E-state index is 16.1. The largest absolute Gasteiger partial charge is 0.433 e. The lowest BCUT2D eigenvalue weighted by atomic mass is 9.84. The van der Waals surface area contributed by atoms with Crippen LogP contribution in [0, 0.1) is 11.6 Å². The number of aromatic nitrogens is 2. The average molecular weight is 514 g/mol. The molecule has 190 valence electrons. The van der Waals surface area contributed by atoms with Gasteiger partial charge in [-0.3, -0.25) is 9.97 Å². The van der Waals surface area contributed by atoms with Crippen LogP contribution >= 0.6 is 0 Å². The van der Waals surface area contributed by atoms with Crippen molar-refractivity contribution in [2.24, 2.45) is 10.3 Å². The number of benzene rings is 1. The molecule has 1 aliphatic heterocycles. The Kier molecular flexibility index (Phi) is 6.66. The van der Waals surface area contributed by atoms with Crippen molar-refractivity contribution in [3.8, 4) is 11.1 Å². The summed E-state index contributed by atoms with van der Waals surface area (Å²) >= 11 is 0. The minimum Gasteiger partial charge on any atom is -0.365 e. The van der Waals surface area contributed by atoms with Gasteiger partial charge in [-0.1, -0.05) is 17.4 Å². The normalized spacial score (nSPS) is 16.1. The Bertz CT molecular complexity index is 1240. The van der Waals surface area contributed by atoms with Crippen LogP contribution in [-0.2, 0) is 22.4 Å². The third kappa shape index (κ3) is 4.60. The number of hydrazine groups is 1. The van der Waals surface area contributed by atoms with Crippen molar-refractivity contribution in [1.82, 2.24) is 20.5 Å². The molecule has 4 rings (SSSR count). The minimum absolute atomic E-state index is 0.142. The molecule has 0 saturated heterocycles. The zero-order chi connectivity index (χ0) is 26.1. The Hall–Kier alpha value is -3.65. The molecule has 36 heavy (non-hydrogen) atoms. The van der Waals surface area contributed by atoms with E-state index < -0.39 is 52.8 Å². The summed E-state index contributed by atoms with van der Waals surface area (Å²) in [6, 6.07) is 6.17. The molecule has 3 heterocycles. The molecular formula is C22H17F7N6O. The summed E-state index contributed by atoms with van der Waals surface area (Å²) in [6.45, 7) is -0.810. The number of halogens is 7. The molecule has 1 aromatic carbocycles. The van der Waals surface area contributed by atoms with Gasteiger partial charge in [-0.15, -0.1) is 0 Å². The first-order chi connectivity index (χ1) is 17.0. The fourth-order valence-electron chi connectivity index (χ4n) is 3.75. The number of nitrogens with one attached hydrogen (secondary N) is 1. The Balaban J connectivity index is 1.73. The summed E-state index contributed by atoms with van der Waals surface area (Å²) in [5, 5.41) is 8.26. The Morgan fingerprint density at radius 1 is 0.917 bits per heavy atom. The van der Waals surface area contributed by atoms with Gasteiger partial charge < -0.3 is 4.74 Å². The van der Waals surface area contributed by atoms with E-state index in [1.54, 1.807) is 0 Å². The molecule has 1 atom stereocenters. The van der Waals surface area contributed by atoms with Gasteiger partial charge in [-0.2, -0.15) is 32.1 Å². The molecule has 0 bridgehead atoms. The van der Waals surface area contributed by atoms with Crippen molar-refractivity contribution in [3.05, 3.63) is 83.4 Å².